The van der Waals surface area contributed by atoms with E-state index in [2.05, 4.69) is 15.1 Å². The average molecular weight is 320 g/mol. The number of nitrogens with zero attached hydrogens (tertiary/aromatic N) is 5. The summed E-state index contributed by atoms with van der Waals surface area (Å²) in [6.07, 6.45) is 8.55. The number of aryl methyl sites for hydroxylation is 1. The third kappa shape index (κ3) is 2.48. The van der Waals surface area contributed by atoms with Crippen molar-refractivity contribution < 1.29 is 8.42 Å². The van der Waals surface area contributed by atoms with Crippen molar-refractivity contribution >= 4 is 15.5 Å². The number of hydrogen-bond donors (Lipinski definition) is 1. The zero-order valence-electron chi connectivity index (χ0n) is 12.3. The van der Waals surface area contributed by atoms with Crippen LogP contribution in [0.25, 0.3) is 16.9 Å². The van der Waals surface area contributed by atoms with Gasteiger partial charge in [-0.05, 0) is 6.54 Å². The third-order valence-electron chi connectivity index (χ3n) is 3.26. The maximum absolute atomic E-state index is 12.0. The van der Waals surface area contributed by atoms with Crippen molar-refractivity contribution in [2.45, 2.75) is 11.4 Å². The van der Waals surface area contributed by atoms with Gasteiger partial charge in [0.05, 0.1) is 23.8 Å². The van der Waals surface area contributed by atoms with Crippen LogP contribution in [-0.2, 0) is 23.3 Å². The van der Waals surface area contributed by atoms with Gasteiger partial charge in [-0.2, -0.15) is 5.10 Å². The van der Waals surface area contributed by atoms with Crippen molar-refractivity contribution in [3.8, 4) is 11.3 Å². The van der Waals surface area contributed by atoms with Gasteiger partial charge in [0.2, 0.25) is 0 Å². The Bertz CT molecular complexity index is 941. The first kappa shape index (κ1) is 14.7. The quantitative estimate of drug-likeness (QED) is 0.727. The Balaban J connectivity index is 2.31. The topological polar surface area (TPSA) is 108 Å². The zero-order valence-corrected chi connectivity index (χ0v) is 13.1. The normalized spacial score (nSPS) is 12.1. The van der Waals surface area contributed by atoms with Gasteiger partial charge in [-0.15, -0.1) is 0 Å². The minimum atomic E-state index is -3.49. The molecule has 0 saturated heterocycles. The maximum atomic E-state index is 12.0. The minimum absolute atomic E-state index is 0.0337. The second-order valence-corrected chi connectivity index (χ2v) is 7.02. The molecule has 116 valence electrons. The van der Waals surface area contributed by atoms with Crippen LogP contribution in [0.15, 0.2) is 29.8 Å². The Hall–Kier alpha value is -2.26. The lowest BCUT2D eigenvalue weighted by Gasteiger charge is -2.07. The molecule has 3 heterocycles. The molecule has 2 N–H and O–H groups in total. The minimum Gasteiger partial charge on any atom is -0.330 e. The second kappa shape index (κ2) is 5.18. The van der Waals surface area contributed by atoms with E-state index < -0.39 is 9.84 Å². The predicted molar refractivity (Wildman–Crippen MR) is 81.1 cm³/mol. The number of nitrogens with two attached hydrogens (primary N) is 1. The summed E-state index contributed by atoms with van der Waals surface area (Å²) >= 11 is 0. The van der Waals surface area contributed by atoms with Gasteiger partial charge >= 0.3 is 0 Å². The molecule has 3 aromatic rings. The lowest BCUT2D eigenvalue weighted by Crippen LogP contribution is -2.11. The van der Waals surface area contributed by atoms with Crippen LogP contribution in [0, 0.1) is 0 Å². The molecule has 3 aromatic heterocycles. The van der Waals surface area contributed by atoms with Crippen LogP contribution >= 0.6 is 0 Å². The first-order chi connectivity index (χ1) is 10.4. The van der Waals surface area contributed by atoms with E-state index in [1.807, 2.05) is 13.2 Å². The van der Waals surface area contributed by atoms with Crippen LogP contribution in [0.4, 0.5) is 0 Å². The van der Waals surface area contributed by atoms with Gasteiger partial charge < -0.3 is 5.73 Å². The van der Waals surface area contributed by atoms with Gasteiger partial charge in [0.25, 0.3) is 0 Å². The zero-order chi connectivity index (χ0) is 15.9. The van der Waals surface area contributed by atoms with Crippen molar-refractivity contribution in [3.63, 3.8) is 0 Å². The monoisotopic (exact) mass is 320 g/mol. The fourth-order valence-corrected chi connectivity index (χ4v) is 3.06. The Morgan fingerprint density at radius 1 is 1.27 bits per heavy atom. The second-order valence-electron chi connectivity index (χ2n) is 5.09. The molecule has 22 heavy (non-hydrogen) atoms. The smallest absolute Gasteiger partial charge is 0.198 e. The van der Waals surface area contributed by atoms with Crippen LogP contribution in [-0.4, -0.2) is 45.4 Å². The summed E-state index contributed by atoms with van der Waals surface area (Å²) in [5.41, 5.74) is 8.09. The van der Waals surface area contributed by atoms with E-state index in [1.54, 1.807) is 27.7 Å². The van der Waals surface area contributed by atoms with E-state index in [9.17, 15) is 8.42 Å². The number of hydrogen-bond acceptors (Lipinski definition) is 6. The molecule has 0 unspecified atom stereocenters. The molecule has 0 spiro atoms. The highest BCUT2D eigenvalue weighted by atomic mass is 32.2. The summed E-state index contributed by atoms with van der Waals surface area (Å²) in [4.78, 5) is 8.43. The third-order valence-corrected chi connectivity index (χ3v) is 4.24. The molecule has 0 aliphatic heterocycles. The number of imidazole rings is 1. The maximum Gasteiger partial charge on any atom is 0.198 e. The standard InChI is InChI=1S/C13H16N6O2S/c1-18-7-9(5-16-18)11-6-15-12-13(22(2,20)21)17-10(3-4-14)8-19(11)12/h5-8H,3-4,14H2,1-2H3. The lowest BCUT2D eigenvalue weighted by molar-refractivity contribution is 0.597. The number of fused-ring (bicyclic) bond motifs is 1. The predicted octanol–water partition coefficient (Wildman–Crippen LogP) is 0.0345. The van der Waals surface area contributed by atoms with Crippen molar-refractivity contribution in [1.82, 2.24) is 24.1 Å². The molecule has 0 fully saturated rings. The molecule has 0 aromatic carbocycles. The molecular weight excluding hydrogens is 304 g/mol. The highest BCUT2D eigenvalue weighted by Gasteiger charge is 2.20. The van der Waals surface area contributed by atoms with E-state index in [-0.39, 0.29) is 5.03 Å². The highest BCUT2D eigenvalue weighted by molar-refractivity contribution is 7.90. The van der Waals surface area contributed by atoms with Crippen molar-refractivity contribution in [2.75, 3.05) is 12.8 Å². The Kier molecular flexibility index (Phi) is 3.45. The van der Waals surface area contributed by atoms with E-state index in [0.717, 1.165) is 17.5 Å². The number of aromatic nitrogens is 5. The van der Waals surface area contributed by atoms with E-state index in [1.165, 1.54) is 0 Å². The molecule has 0 aliphatic carbocycles. The van der Waals surface area contributed by atoms with Crippen LogP contribution in [0.1, 0.15) is 5.69 Å². The number of rotatable bonds is 4. The summed E-state index contributed by atoms with van der Waals surface area (Å²) in [6.45, 7) is 0.388. The molecule has 9 heteroatoms. The Labute approximate surface area is 127 Å². The fraction of sp³-hybridized carbons (Fsp3) is 0.308. The van der Waals surface area contributed by atoms with Crippen molar-refractivity contribution in [3.05, 3.63) is 30.5 Å². The van der Waals surface area contributed by atoms with Gasteiger partial charge in [-0.25, -0.2) is 18.4 Å². The molecule has 0 aliphatic rings. The van der Waals surface area contributed by atoms with Crippen molar-refractivity contribution in [2.24, 2.45) is 12.8 Å². The van der Waals surface area contributed by atoms with Gasteiger partial charge in [0.15, 0.2) is 20.5 Å². The molecule has 0 bridgehead atoms. The largest absolute Gasteiger partial charge is 0.330 e. The first-order valence-corrected chi connectivity index (χ1v) is 8.55. The lowest BCUT2D eigenvalue weighted by atomic mass is 10.2. The fourth-order valence-electron chi connectivity index (χ4n) is 2.29. The highest BCUT2D eigenvalue weighted by Crippen LogP contribution is 2.23. The van der Waals surface area contributed by atoms with Gasteiger partial charge in [-0.1, -0.05) is 0 Å². The Morgan fingerprint density at radius 2 is 2.05 bits per heavy atom. The van der Waals surface area contributed by atoms with Crippen LogP contribution in [0.2, 0.25) is 0 Å². The van der Waals surface area contributed by atoms with Crippen molar-refractivity contribution in [1.29, 1.82) is 0 Å². The van der Waals surface area contributed by atoms with Gasteiger partial charge in [0, 0.05) is 37.7 Å². The van der Waals surface area contributed by atoms with Crippen LogP contribution in [0.3, 0.4) is 0 Å². The average Bonchev–Trinajstić information content (AvgIpc) is 3.03. The van der Waals surface area contributed by atoms with Crippen LogP contribution < -0.4 is 5.73 Å². The molecule has 8 nitrogen and oxygen atoms in total. The van der Waals surface area contributed by atoms with Gasteiger partial charge in [0.1, 0.15) is 0 Å². The SMILES string of the molecule is Cn1cc(-c2cnc3c(S(C)(=O)=O)nc(CCN)cn23)cn1. The summed E-state index contributed by atoms with van der Waals surface area (Å²) < 4.78 is 27.4. The Morgan fingerprint density at radius 3 is 2.64 bits per heavy atom. The van der Waals surface area contributed by atoms with Crippen LogP contribution in [0.5, 0.6) is 0 Å². The first-order valence-electron chi connectivity index (χ1n) is 6.66. The molecule has 0 saturated carbocycles. The molecular formula is C13H16N6O2S. The van der Waals surface area contributed by atoms with E-state index in [0.29, 0.717) is 24.3 Å². The van der Waals surface area contributed by atoms with E-state index in [4.69, 9.17) is 5.73 Å². The summed E-state index contributed by atoms with van der Waals surface area (Å²) in [5, 5.41) is 4.10. The summed E-state index contributed by atoms with van der Waals surface area (Å²) in [6, 6.07) is 0. The molecule has 0 radical (unpaired) electrons. The molecule has 3 rings (SSSR count). The number of sulfone groups is 1. The van der Waals surface area contributed by atoms with E-state index >= 15 is 0 Å². The molecule has 0 atom stereocenters. The molecule has 0 amide bonds. The summed E-state index contributed by atoms with van der Waals surface area (Å²) in [5.74, 6) is 0. The summed E-state index contributed by atoms with van der Waals surface area (Å²) in [7, 11) is -1.67. The van der Waals surface area contributed by atoms with Gasteiger partial charge in [-0.3, -0.25) is 9.08 Å².